The Balaban J connectivity index is 1.61. The van der Waals surface area contributed by atoms with Crippen molar-refractivity contribution in [2.45, 2.75) is 44.7 Å². The molecule has 2 aliphatic rings. The standard InChI is InChI=1S/C32H34F7N3O3/c1-19-12-26(33)8-9-27(19)28-18-41(17-21-6-5-7-22(13-21)29(43)45-4)10-11-42(28)30(44)40(3)20(2)23-14-24(31(34,35)36)16-25(15-23)32(37,38)39/h6-9,12,14-16,20-22,28H,10-11,13,17-18H2,1-4H3/t20-,21-,22+,28-/m1/s1. The van der Waals surface area contributed by atoms with E-state index in [0.29, 0.717) is 49.3 Å². The second-order valence-corrected chi connectivity index (χ2v) is 11.5. The normalized spacial score (nSPS) is 21.5. The molecule has 244 valence electrons. The minimum absolute atomic E-state index is 0.0391. The van der Waals surface area contributed by atoms with E-state index >= 15 is 0 Å². The van der Waals surface area contributed by atoms with E-state index in [0.717, 1.165) is 4.90 Å². The van der Waals surface area contributed by atoms with E-state index in [2.05, 4.69) is 10.6 Å². The third-order valence-corrected chi connectivity index (χ3v) is 8.46. The summed E-state index contributed by atoms with van der Waals surface area (Å²) in [6.07, 6.45) is -6.02. The monoisotopic (exact) mass is 641 g/mol. The van der Waals surface area contributed by atoms with E-state index in [1.165, 1.54) is 38.1 Å². The van der Waals surface area contributed by atoms with Crippen molar-refractivity contribution in [3.05, 3.63) is 87.9 Å². The van der Waals surface area contributed by atoms with E-state index in [-0.39, 0.29) is 30.1 Å². The number of aryl methyl sites for hydroxylation is 1. The zero-order valence-electron chi connectivity index (χ0n) is 25.2. The molecule has 1 fully saturated rings. The van der Waals surface area contributed by atoms with Crippen molar-refractivity contribution < 1.29 is 45.1 Å². The SMILES string of the molecule is COC(=O)[C@H]1C=C=C[C@@H](CN2CCN(C(=O)N(C)[C@H](C)c3cc(C(F)(F)F)cc(C(F)(F)F)c3)[C@@H](c3ccc(F)cc3C)C2)C1. The molecule has 1 aliphatic heterocycles. The summed E-state index contributed by atoms with van der Waals surface area (Å²) in [6.45, 7) is 4.50. The molecule has 0 saturated carbocycles. The van der Waals surface area contributed by atoms with Crippen LogP contribution in [-0.2, 0) is 21.9 Å². The lowest BCUT2D eigenvalue weighted by atomic mass is 9.89. The van der Waals surface area contributed by atoms with Crippen LogP contribution in [0.25, 0.3) is 0 Å². The molecule has 0 bridgehead atoms. The maximum absolute atomic E-state index is 14.0. The molecule has 2 aromatic carbocycles. The molecule has 0 aromatic heterocycles. The van der Waals surface area contributed by atoms with Crippen LogP contribution in [0.15, 0.2) is 54.3 Å². The topological polar surface area (TPSA) is 53.1 Å². The summed E-state index contributed by atoms with van der Waals surface area (Å²) in [5.41, 5.74) is 0.997. The highest BCUT2D eigenvalue weighted by molar-refractivity contribution is 5.76. The Labute approximate surface area is 256 Å². The van der Waals surface area contributed by atoms with Gasteiger partial charge in [0, 0.05) is 33.2 Å². The van der Waals surface area contributed by atoms with E-state index in [1.54, 1.807) is 19.1 Å². The Hall–Kier alpha value is -3.83. The number of hydrogen-bond donors (Lipinski definition) is 0. The predicted octanol–water partition coefficient (Wildman–Crippen LogP) is 7.16. The highest BCUT2D eigenvalue weighted by Crippen LogP contribution is 2.39. The molecule has 1 aliphatic carbocycles. The van der Waals surface area contributed by atoms with Gasteiger partial charge in [-0.2, -0.15) is 26.3 Å². The zero-order valence-corrected chi connectivity index (χ0v) is 25.2. The number of piperazine rings is 1. The molecule has 2 amide bonds. The number of urea groups is 1. The van der Waals surface area contributed by atoms with Gasteiger partial charge in [0.1, 0.15) is 5.82 Å². The molecule has 1 heterocycles. The van der Waals surface area contributed by atoms with E-state index < -0.39 is 53.3 Å². The number of amides is 2. The van der Waals surface area contributed by atoms with Crippen molar-refractivity contribution in [2.24, 2.45) is 11.8 Å². The molecule has 2 aromatic rings. The second-order valence-electron chi connectivity index (χ2n) is 11.5. The third-order valence-electron chi connectivity index (χ3n) is 8.46. The minimum atomic E-state index is -5.03. The van der Waals surface area contributed by atoms with Gasteiger partial charge in [0.2, 0.25) is 0 Å². The van der Waals surface area contributed by atoms with Crippen LogP contribution >= 0.6 is 0 Å². The molecule has 45 heavy (non-hydrogen) atoms. The largest absolute Gasteiger partial charge is 0.469 e. The summed E-state index contributed by atoms with van der Waals surface area (Å²) >= 11 is 0. The highest BCUT2D eigenvalue weighted by Gasteiger charge is 2.39. The van der Waals surface area contributed by atoms with Gasteiger partial charge < -0.3 is 14.5 Å². The maximum Gasteiger partial charge on any atom is 0.416 e. The number of rotatable bonds is 6. The Bertz CT molecular complexity index is 1450. The summed E-state index contributed by atoms with van der Waals surface area (Å²) in [6, 6.07) is 3.11. The number of nitrogens with zero attached hydrogens (tertiary/aromatic N) is 3. The fourth-order valence-electron chi connectivity index (χ4n) is 5.87. The van der Waals surface area contributed by atoms with E-state index in [9.17, 15) is 40.3 Å². The van der Waals surface area contributed by atoms with Crippen molar-refractivity contribution in [2.75, 3.05) is 40.3 Å². The average molecular weight is 642 g/mol. The Morgan fingerprint density at radius 1 is 1.02 bits per heavy atom. The van der Waals surface area contributed by atoms with Crippen LogP contribution in [0.5, 0.6) is 0 Å². The van der Waals surface area contributed by atoms with Crippen LogP contribution < -0.4 is 0 Å². The van der Waals surface area contributed by atoms with Gasteiger partial charge in [0.25, 0.3) is 0 Å². The minimum Gasteiger partial charge on any atom is -0.469 e. The average Bonchev–Trinajstić information content (AvgIpc) is 2.98. The summed E-state index contributed by atoms with van der Waals surface area (Å²) < 4.78 is 100. The predicted molar refractivity (Wildman–Crippen MR) is 151 cm³/mol. The van der Waals surface area contributed by atoms with Crippen LogP contribution in [0.2, 0.25) is 0 Å². The zero-order chi connectivity index (χ0) is 33.3. The van der Waals surface area contributed by atoms with E-state index in [1.807, 2.05) is 6.08 Å². The number of alkyl halides is 6. The van der Waals surface area contributed by atoms with Crippen molar-refractivity contribution in [3.8, 4) is 0 Å². The van der Waals surface area contributed by atoms with Crippen LogP contribution in [0.4, 0.5) is 35.5 Å². The van der Waals surface area contributed by atoms with Gasteiger partial charge in [0.05, 0.1) is 36.2 Å². The van der Waals surface area contributed by atoms with Gasteiger partial charge >= 0.3 is 24.4 Å². The van der Waals surface area contributed by atoms with Crippen LogP contribution in [-0.4, -0.2) is 67.0 Å². The number of halogens is 7. The lowest BCUT2D eigenvalue weighted by molar-refractivity contribution is -0.145. The number of esters is 1. The van der Waals surface area contributed by atoms with Gasteiger partial charge in [-0.3, -0.25) is 9.69 Å². The number of ether oxygens (including phenoxy) is 1. The molecule has 13 heteroatoms. The fourth-order valence-corrected chi connectivity index (χ4v) is 5.87. The first-order valence-electron chi connectivity index (χ1n) is 14.3. The maximum atomic E-state index is 14.0. The summed E-state index contributed by atoms with van der Waals surface area (Å²) in [5, 5.41) is 0. The summed E-state index contributed by atoms with van der Waals surface area (Å²) in [7, 11) is 2.64. The molecule has 0 spiro atoms. The van der Waals surface area contributed by atoms with Crippen molar-refractivity contribution in [3.63, 3.8) is 0 Å². The first kappa shape index (κ1) is 34.1. The lowest BCUT2D eigenvalue weighted by Gasteiger charge is -2.45. The number of carbonyl (C=O) groups is 2. The molecule has 0 N–H and O–H groups in total. The first-order valence-corrected chi connectivity index (χ1v) is 14.3. The molecule has 1 saturated heterocycles. The quantitative estimate of drug-likeness (QED) is 0.191. The number of hydrogen-bond acceptors (Lipinski definition) is 4. The Morgan fingerprint density at radius 3 is 2.24 bits per heavy atom. The summed E-state index contributed by atoms with van der Waals surface area (Å²) in [4.78, 5) is 30.7. The molecule has 0 unspecified atom stereocenters. The van der Waals surface area contributed by atoms with Crippen LogP contribution in [0, 0.1) is 24.6 Å². The third kappa shape index (κ3) is 7.88. The van der Waals surface area contributed by atoms with Crippen LogP contribution in [0.1, 0.15) is 53.2 Å². The van der Waals surface area contributed by atoms with Gasteiger partial charge in [0.15, 0.2) is 0 Å². The smallest absolute Gasteiger partial charge is 0.416 e. The van der Waals surface area contributed by atoms with Gasteiger partial charge in [-0.1, -0.05) is 6.07 Å². The lowest BCUT2D eigenvalue weighted by Crippen LogP contribution is -2.54. The van der Waals surface area contributed by atoms with Gasteiger partial charge in [-0.05, 0) is 85.4 Å². The molecule has 0 radical (unpaired) electrons. The molecule has 6 nitrogen and oxygen atoms in total. The number of methoxy groups -OCH3 is 1. The number of benzene rings is 2. The van der Waals surface area contributed by atoms with Crippen LogP contribution in [0.3, 0.4) is 0 Å². The molecular formula is C32H34F7N3O3. The van der Waals surface area contributed by atoms with Crippen molar-refractivity contribution in [1.29, 1.82) is 0 Å². The highest BCUT2D eigenvalue weighted by atomic mass is 19.4. The fraction of sp³-hybridized carbons (Fsp3) is 0.469. The number of carbonyl (C=O) groups excluding carboxylic acids is 2. The second kappa shape index (κ2) is 13.3. The molecule has 4 atom stereocenters. The first-order chi connectivity index (χ1) is 21.0. The van der Waals surface area contributed by atoms with Crippen molar-refractivity contribution >= 4 is 12.0 Å². The Kier molecular flexibility index (Phi) is 10.0. The van der Waals surface area contributed by atoms with E-state index in [4.69, 9.17) is 4.74 Å². The van der Waals surface area contributed by atoms with Crippen molar-refractivity contribution in [1.82, 2.24) is 14.7 Å². The summed E-state index contributed by atoms with van der Waals surface area (Å²) in [5.74, 6) is -1.31. The van der Waals surface area contributed by atoms with Gasteiger partial charge in [-0.25, -0.2) is 9.18 Å². The Morgan fingerprint density at radius 2 is 1.67 bits per heavy atom. The van der Waals surface area contributed by atoms with Gasteiger partial charge in [-0.15, -0.1) is 5.73 Å². The molecular weight excluding hydrogens is 607 g/mol. The molecule has 4 rings (SSSR count).